The second-order valence-corrected chi connectivity index (χ2v) is 6.99. The van der Waals surface area contributed by atoms with Crippen LogP contribution < -0.4 is 5.32 Å². The van der Waals surface area contributed by atoms with Crippen molar-refractivity contribution in [2.75, 3.05) is 33.2 Å². The van der Waals surface area contributed by atoms with Gasteiger partial charge in [-0.25, -0.2) is 4.98 Å². The van der Waals surface area contributed by atoms with Gasteiger partial charge >= 0.3 is 0 Å². The standard InChI is InChI=1S/C20H22FN3O2.C3H6FN.C2H6/c1-2-23(11-5-6-15-9-10-22-18(21)14-15)12-13-24-19(25)16-7-3-4-8-17(16)20(24)26;1-3(4)5-2;1-2/h3-4,7-10,14H,2,5-6,11-13H2,1H3;5H,1H2,2H3;1-2H3. The molecular weight excluding hydrogens is 426 g/mol. The zero-order valence-corrected chi connectivity index (χ0v) is 19.9. The molecule has 0 aliphatic carbocycles. The first kappa shape index (κ1) is 27.9. The molecule has 2 heterocycles. The summed E-state index contributed by atoms with van der Waals surface area (Å²) >= 11 is 0. The van der Waals surface area contributed by atoms with E-state index < -0.39 is 11.9 Å². The molecule has 0 atom stereocenters. The number of nitrogens with one attached hydrogen (secondary N) is 1. The van der Waals surface area contributed by atoms with Crippen LogP contribution in [0.4, 0.5) is 8.78 Å². The lowest BCUT2D eigenvalue weighted by molar-refractivity contribution is 0.0637. The molecule has 3 rings (SSSR count). The molecule has 1 aromatic carbocycles. The van der Waals surface area contributed by atoms with E-state index in [1.807, 2.05) is 19.9 Å². The molecule has 180 valence electrons. The zero-order chi connectivity index (χ0) is 24.8. The van der Waals surface area contributed by atoms with Gasteiger partial charge in [0.15, 0.2) is 5.95 Å². The van der Waals surface area contributed by atoms with Crippen molar-refractivity contribution in [1.29, 1.82) is 0 Å². The van der Waals surface area contributed by atoms with Crippen LogP contribution in [0.5, 0.6) is 0 Å². The zero-order valence-electron chi connectivity index (χ0n) is 19.9. The van der Waals surface area contributed by atoms with Crippen LogP contribution in [0.1, 0.15) is 53.5 Å². The summed E-state index contributed by atoms with van der Waals surface area (Å²) in [5.41, 5.74) is 1.90. The fourth-order valence-corrected chi connectivity index (χ4v) is 3.22. The molecule has 33 heavy (non-hydrogen) atoms. The predicted octanol–water partition coefficient (Wildman–Crippen LogP) is 4.44. The maximum Gasteiger partial charge on any atom is 0.261 e. The van der Waals surface area contributed by atoms with E-state index in [1.165, 1.54) is 24.2 Å². The summed E-state index contributed by atoms with van der Waals surface area (Å²) in [7, 11) is 1.47. The number of likely N-dealkylation sites (N-methyl/N-ethyl adjacent to an activating group) is 1. The highest BCUT2D eigenvalue weighted by atomic mass is 19.1. The fraction of sp³-hybridized carbons (Fsp3) is 0.400. The van der Waals surface area contributed by atoms with Crippen molar-refractivity contribution >= 4 is 11.8 Å². The van der Waals surface area contributed by atoms with Crippen molar-refractivity contribution in [3.63, 3.8) is 0 Å². The maximum absolute atomic E-state index is 13.1. The lowest BCUT2D eigenvalue weighted by atomic mass is 10.1. The monoisotopic (exact) mass is 460 g/mol. The van der Waals surface area contributed by atoms with Crippen molar-refractivity contribution in [2.24, 2.45) is 0 Å². The number of benzene rings is 1. The molecule has 0 fully saturated rings. The van der Waals surface area contributed by atoms with Crippen molar-refractivity contribution in [3.8, 4) is 0 Å². The van der Waals surface area contributed by atoms with E-state index >= 15 is 0 Å². The Hall–Kier alpha value is -3.13. The first-order valence-electron chi connectivity index (χ1n) is 11.2. The van der Waals surface area contributed by atoms with Crippen LogP contribution in [0.15, 0.2) is 55.1 Å². The number of hydrogen-bond donors (Lipinski definition) is 1. The number of aromatic nitrogens is 1. The van der Waals surface area contributed by atoms with Gasteiger partial charge in [-0.05, 0) is 62.3 Å². The van der Waals surface area contributed by atoms with E-state index in [9.17, 15) is 18.4 Å². The Balaban J connectivity index is 0.000000689. The van der Waals surface area contributed by atoms with Gasteiger partial charge in [0.2, 0.25) is 5.95 Å². The molecule has 1 aliphatic heterocycles. The molecule has 0 spiro atoms. The van der Waals surface area contributed by atoms with Crippen molar-refractivity contribution in [2.45, 2.75) is 33.6 Å². The van der Waals surface area contributed by atoms with E-state index in [2.05, 4.69) is 28.7 Å². The van der Waals surface area contributed by atoms with Crippen LogP contribution >= 0.6 is 0 Å². The summed E-state index contributed by atoms with van der Waals surface area (Å²) in [6, 6.07) is 10.2. The Labute approximate surface area is 195 Å². The van der Waals surface area contributed by atoms with Gasteiger partial charge in [0, 0.05) is 26.3 Å². The van der Waals surface area contributed by atoms with Gasteiger partial charge in [-0.2, -0.15) is 8.78 Å². The summed E-state index contributed by atoms with van der Waals surface area (Å²) in [6.07, 6.45) is 3.12. The molecule has 0 unspecified atom stereocenters. The number of nitrogens with zero attached hydrogens (tertiary/aromatic N) is 3. The van der Waals surface area contributed by atoms with E-state index in [-0.39, 0.29) is 11.8 Å². The highest BCUT2D eigenvalue weighted by Crippen LogP contribution is 2.22. The topological polar surface area (TPSA) is 65.5 Å². The number of hydrogen-bond acceptors (Lipinski definition) is 5. The Morgan fingerprint density at radius 2 is 1.70 bits per heavy atom. The molecule has 1 N–H and O–H groups in total. The second kappa shape index (κ2) is 14.8. The number of rotatable bonds is 9. The third-order valence-corrected chi connectivity index (χ3v) is 4.97. The molecule has 1 aliphatic rings. The van der Waals surface area contributed by atoms with Crippen molar-refractivity contribution in [1.82, 2.24) is 20.1 Å². The summed E-state index contributed by atoms with van der Waals surface area (Å²) in [5.74, 6) is -1.38. The number of aryl methyl sites for hydroxylation is 1. The fourth-order valence-electron chi connectivity index (χ4n) is 3.22. The minimum absolute atomic E-state index is 0.214. The molecule has 2 aromatic rings. The third-order valence-electron chi connectivity index (χ3n) is 4.97. The predicted molar refractivity (Wildman–Crippen MR) is 127 cm³/mol. The number of imide groups is 1. The highest BCUT2D eigenvalue weighted by molar-refractivity contribution is 6.21. The largest absolute Gasteiger partial charge is 0.366 e. The van der Waals surface area contributed by atoms with E-state index in [0.717, 1.165) is 31.5 Å². The number of carbonyl (C=O) groups excluding carboxylic acids is 2. The van der Waals surface area contributed by atoms with Crippen LogP contribution in [-0.4, -0.2) is 59.8 Å². The molecule has 8 heteroatoms. The highest BCUT2D eigenvalue weighted by Gasteiger charge is 2.34. The Bertz CT molecular complexity index is 886. The Morgan fingerprint density at radius 3 is 2.18 bits per heavy atom. The van der Waals surface area contributed by atoms with Gasteiger partial charge in [0.1, 0.15) is 0 Å². The summed E-state index contributed by atoms with van der Waals surface area (Å²) in [5, 5.41) is 2.17. The average Bonchev–Trinajstić information content (AvgIpc) is 3.07. The SMILES string of the molecule is C=C(F)NC.CC.CCN(CCCc1ccnc(F)c1)CCN1C(=O)c2ccccc2C1=O. The van der Waals surface area contributed by atoms with Crippen LogP contribution in [0.2, 0.25) is 0 Å². The molecule has 0 radical (unpaired) electrons. The van der Waals surface area contributed by atoms with E-state index in [0.29, 0.717) is 24.2 Å². The maximum atomic E-state index is 13.1. The number of halogens is 2. The number of pyridine rings is 1. The second-order valence-electron chi connectivity index (χ2n) is 6.99. The number of carbonyl (C=O) groups is 2. The quantitative estimate of drug-likeness (QED) is 0.340. The summed E-state index contributed by atoms with van der Waals surface area (Å²) < 4.78 is 24.2. The van der Waals surface area contributed by atoms with Crippen molar-refractivity contribution < 1.29 is 18.4 Å². The van der Waals surface area contributed by atoms with Gasteiger partial charge in [0.25, 0.3) is 11.8 Å². The smallest absolute Gasteiger partial charge is 0.261 e. The Morgan fingerprint density at radius 1 is 1.12 bits per heavy atom. The summed E-state index contributed by atoms with van der Waals surface area (Å²) in [4.78, 5) is 31.8. The number of amides is 2. The van der Waals surface area contributed by atoms with Gasteiger partial charge in [0.05, 0.1) is 11.1 Å². The van der Waals surface area contributed by atoms with Crippen LogP contribution in [0.25, 0.3) is 0 Å². The third kappa shape index (κ3) is 8.73. The lowest BCUT2D eigenvalue weighted by Crippen LogP contribution is -2.38. The molecule has 6 nitrogen and oxygen atoms in total. The van der Waals surface area contributed by atoms with E-state index in [1.54, 1.807) is 24.3 Å². The molecule has 0 bridgehead atoms. The Kier molecular flexibility index (Phi) is 12.5. The van der Waals surface area contributed by atoms with Crippen LogP contribution in [-0.2, 0) is 6.42 Å². The molecular formula is C25H34F2N4O2. The van der Waals surface area contributed by atoms with Crippen molar-refractivity contribution in [3.05, 3.63) is 77.8 Å². The molecule has 1 aromatic heterocycles. The van der Waals surface area contributed by atoms with Gasteiger partial charge in [-0.3, -0.25) is 14.5 Å². The van der Waals surface area contributed by atoms with Gasteiger partial charge in [-0.15, -0.1) is 0 Å². The lowest BCUT2D eigenvalue weighted by Gasteiger charge is -2.23. The average molecular weight is 461 g/mol. The summed E-state index contributed by atoms with van der Waals surface area (Å²) in [6.45, 7) is 11.6. The molecule has 0 saturated heterocycles. The first-order chi connectivity index (χ1) is 15.9. The van der Waals surface area contributed by atoms with Crippen LogP contribution in [0, 0.1) is 5.95 Å². The molecule has 0 saturated carbocycles. The van der Waals surface area contributed by atoms with Crippen LogP contribution in [0.3, 0.4) is 0 Å². The van der Waals surface area contributed by atoms with Gasteiger partial charge in [-0.1, -0.05) is 32.9 Å². The van der Waals surface area contributed by atoms with E-state index in [4.69, 9.17) is 0 Å². The first-order valence-corrected chi connectivity index (χ1v) is 11.2. The van der Waals surface area contributed by atoms with Gasteiger partial charge < -0.3 is 10.2 Å². The normalized spacial score (nSPS) is 11.9. The minimum Gasteiger partial charge on any atom is -0.366 e. The minimum atomic E-state index is -0.495. The molecule has 2 amide bonds. The number of fused-ring (bicyclic) bond motifs is 1.